The largest absolute Gasteiger partial charge is 0.493 e. The van der Waals surface area contributed by atoms with Gasteiger partial charge in [-0.05, 0) is 48.7 Å². The van der Waals surface area contributed by atoms with Crippen LogP contribution in [0.4, 0.5) is 0 Å². The van der Waals surface area contributed by atoms with Crippen molar-refractivity contribution in [2.45, 2.75) is 56.4 Å². The molecule has 0 radical (unpaired) electrons. The number of hydrogen-bond acceptors (Lipinski definition) is 7. The van der Waals surface area contributed by atoms with E-state index in [0.717, 1.165) is 31.2 Å². The van der Waals surface area contributed by atoms with E-state index in [1.165, 1.54) is 7.11 Å². The maximum Gasteiger partial charge on any atom is 0.247 e. The lowest BCUT2D eigenvalue weighted by Crippen LogP contribution is -2.56. The second-order valence-electron chi connectivity index (χ2n) is 10.5. The first kappa shape index (κ1) is 28.1. The van der Waals surface area contributed by atoms with Crippen molar-refractivity contribution in [1.82, 2.24) is 10.2 Å². The SMILES string of the molecule is COc1cc(C=O)cc2c1OC1C2C(C(=O)NCCO)=CC(N(Cc2ccc(Cl)cc2)C(=O)C2CCCC2)C1O. The summed E-state index contributed by atoms with van der Waals surface area (Å²) in [6, 6.07) is 9.47. The predicted molar refractivity (Wildman–Crippen MR) is 147 cm³/mol. The number of rotatable bonds is 9. The molecule has 212 valence electrons. The van der Waals surface area contributed by atoms with E-state index in [2.05, 4.69) is 5.32 Å². The van der Waals surface area contributed by atoms with Crippen molar-refractivity contribution in [2.75, 3.05) is 20.3 Å². The summed E-state index contributed by atoms with van der Waals surface area (Å²) in [6.07, 6.45) is 3.68. The van der Waals surface area contributed by atoms with Crippen molar-refractivity contribution >= 4 is 29.7 Å². The molecule has 2 amide bonds. The molecule has 2 aromatic rings. The lowest BCUT2D eigenvalue weighted by Gasteiger charge is -2.41. The third-order valence-corrected chi connectivity index (χ3v) is 8.28. The van der Waals surface area contributed by atoms with Crippen LogP contribution in [0.15, 0.2) is 48.0 Å². The molecule has 0 bridgehead atoms. The van der Waals surface area contributed by atoms with Crippen LogP contribution in [0.1, 0.15) is 53.1 Å². The Kier molecular flexibility index (Phi) is 8.44. The van der Waals surface area contributed by atoms with Gasteiger partial charge in [-0.25, -0.2) is 0 Å². The summed E-state index contributed by atoms with van der Waals surface area (Å²) >= 11 is 6.09. The number of nitrogens with one attached hydrogen (secondary N) is 1. The quantitative estimate of drug-likeness (QED) is 0.397. The van der Waals surface area contributed by atoms with Crippen LogP contribution in [0.2, 0.25) is 5.02 Å². The summed E-state index contributed by atoms with van der Waals surface area (Å²) in [5.41, 5.74) is 2.00. The second-order valence-corrected chi connectivity index (χ2v) is 10.9. The molecule has 0 aromatic heterocycles. The Balaban J connectivity index is 1.60. The Bertz CT molecular complexity index is 1310. The number of carbonyl (C=O) groups excluding carboxylic acids is 3. The van der Waals surface area contributed by atoms with Crippen molar-refractivity contribution in [1.29, 1.82) is 0 Å². The number of benzene rings is 2. The van der Waals surface area contributed by atoms with Crippen LogP contribution in [0.3, 0.4) is 0 Å². The number of fused-ring (bicyclic) bond motifs is 3. The molecular weight excluding hydrogens is 536 g/mol. The zero-order chi connectivity index (χ0) is 28.4. The number of carbonyl (C=O) groups is 3. The Morgan fingerprint density at radius 3 is 2.58 bits per heavy atom. The van der Waals surface area contributed by atoms with Crippen molar-refractivity contribution in [3.63, 3.8) is 0 Å². The standard InChI is InChI=1S/C30H33ClN2O7/c1-39-24-13-18(16-35)12-21-25-22(29(37)32-10-11-34)14-23(26(36)28(25)40-27(21)24)33(30(38)19-4-2-3-5-19)15-17-6-8-20(31)9-7-17/h6-9,12-14,16,19,23,25-26,28,34,36H,2-5,10-11,15H2,1H3,(H,32,37). The Morgan fingerprint density at radius 2 is 1.93 bits per heavy atom. The van der Waals surface area contributed by atoms with Gasteiger partial charge in [-0.1, -0.05) is 36.6 Å². The summed E-state index contributed by atoms with van der Waals surface area (Å²) in [5.74, 6) is -0.768. The van der Waals surface area contributed by atoms with Crippen LogP contribution in [0.25, 0.3) is 0 Å². The number of ether oxygens (including phenoxy) is 2. The number of aliphatic hydroxyl groups excluding tert-OH is 2. The van der Waals surface area contributed by atoms with Crippen molar-refractivity contribution < 1.29 is 34.1 Å². The third-order valence-electron chi connectivity index (χ3n) is 8.02. The van der Waals surface area contributed by atoms with E-state index in [-0.39, 0.29) is 37.1 Å². The van der Waals surface area contributed by atoms with Gasteiger partial charge in [-0.3, -0.25) is 14.4 Å². The van der Waals surface area contributed by atoms with Crippen LogP contribution in [0.5, 0.6) is 11.5 Å². The molecule has 1 fully saturated rings. The zero-order valence-electron chi connectivity index (χ0n) is 22.2. The molecule has 4 unspecified atom stereocenters. The highest BCUT2D eigenvalue weighted by Crippen LogP contribution is 2.51. The van der Waals surface area contributed by atoms with E-state index in [0.29, 0.717) is 33.9 Å². The van der Waals surface area contributed by atoms with Gasteiger partial charge in [-0.15, -0.1) is 0 Å². The number of halogens is 1. The van der Waals surface area contributed by atoms with Crippen LogP contribution in [-0.4, -0.2) is 71.7 Å². The van der Waals surface area contributed by atoms with Crippen molar-refractivity contribution in [3.05, 3.63) is 69.8 Å². The maximum absolute atomic E-state index is 13.9. The molecule has 3 N–H and O–H groups in total. The average Bonchev–Trinajstić information content (AvgIpc) is 3.64. The van der Waals surface area contributed by atoms with Crippen molar-refractivity contribution in [3.8, 4) is 11.5 Å². The smallest absolute Gasteiger partial charge is 0.247 e. The van der Waals surface area contributed by atoms with Gasteiger partial charge in [0, 0.05) is 40.7 Å². The average molecular weight is 569 g/mol. The van der Waals surface area contributed by atoms with Crippen LogP contribution < -0.4 is 14.8 Å². The Labute approximate surface area is 237 Å². The summed E-state index contributed by atoms with van der Waals surface area (Å²) in [5, 5.41) is 24.4. The predicted octanol–water partition coefficient (Wildman–Crippen LogP) is 3.00. The second kappa shape index (κ2) is 12.0. The molecule has 40 heavy (non-hydrogen) atoms. The van der Waals surface area contributed by atoms with E-state index < -0.39 is 30.1 Å². The highest BCUT2D eigenvalue weighted by atomic mass is 35.5. The molecule has 1 aliphatic heterocycles. The first-order chi connectivity index (χ1) is 19.4. The van der Waals surface area contributed by atoms with Crippen LogP contribution >= 0.6 is 11.6 Å². The van der Waals surface area contributed by atoms with E-state index >= 15 is 0 Å². The molecule has 2 aliphatic carbocycles. The minimum absolute atomic E-state index is 0.0295. The molecule has 0 spiro atoms. The number of hydrogen-bond donors (Lipinski definition) is 3. The van der Waals surface area contributed by atoms with Crippen LogP contribution in [0, 0.1) is 5.92 Å². The lowest BCUT2D eigenvalue weighted by atomic mass is 9.77. The molecule has 1 saturated carbocycles. The van der Waals surface area contributed by atoms with Gasteiger partial charge < -0.3 is 29.9 Å². The first-order valence-corrected chi connectivity index (χ1v) is 13.9. The van der Waals surface area contributed by atoms with Gasteiger partial charge in [0.15, 0.2) is 11.5 Å². The fourth-order valence-electron chi connectivity index (χ4n) is 6.08. The monoisotopic (exact) mass is 568 g/mol. The number of aldehydes is 1. The number of nitrogens with zero attached hydrogens (tertiary/aromatic N) is 1. The van der Waals surface area contributed by atoms with Gasteiger partial charge in [0.05, 0.1) is 25.7 Å². The molecular formula is C30H33ClN2O7. The number of amides is 2. The fraction of sp³-hybridized carbons (Fsp3) is 0.433. The minimum atomic E-state index is -1.19. The van der Waals surface area contributed by atoms with Crippen molar-refractivity contribution in [2.24, 2.45) is 5.92 Å². The summed E-state index contributed by atoms with van der Waals surface area (Å²) in [6.45, 7) is -0.0148. The molecule has 3 aliphatic rings. The lowest BCUT2D eigenvalue weighted by molar-refractivity contribution is -0.142. The summed E-state index contributed by atoms with van der Waals surface area (Å²) in [4.78, 5) is 40.7. The highest BCUT2D eigenvalue weighted by Gasteiger charge is 2.52. The highest BCUT2D eigenvalue weighted by molar-refractivity contribution is 6.30. The molecule has 0 saturated heterocycles. The molecule has 10 heteroatoms. The summed E-state index contributed by atoms with van der Waals surface area (Å²) < 4.78 is 11.7. The van der Waals surface area contributed by atoms with Gasteiger partial charge in [0.1, 0.15) is 18.5 Å². The van der Waals surface area contributed by atoms with Gasteiger partial charge in [-0.2, -0.15) is 0 Å². The normalized spacial score (nSPS) is 23.4. The number of methoxy groups -OCH3 is 1. The zero-order valence-corrected chi connectivity index (χ0v) is 23.0. The Hall–Kier alpha value is -3.40. The number of aliphatic hydroxyl groups is 2. The maximum atomic E-state index is 13.9. The van der Waals surface area contributed by atoms with Gasteiger partial charge >= 0.3 is 0 Å². The topological polar surface area (TPSA) is 125 Å². The fourth-order valence-corrected chi connectivity index (χ4v) is 6.21. The van der Waals surface area contributed by atoms with E-state index in [1.807, 2.05) is 12.1 Å². The Morgan fingerprint density at radius 1 is 1.20 bits per heavy atom. The summed E-state index contributed by atoms with van der Waals surface area (Å²) in [7, 11) is 1.45. The van der Waals surface area contributed by atoms with Crippen LogP contribution in [-0.2, 0) is 16.1 Å². The first-order valence-electron chi connectivity index (χ1n) is 13.5. The van der Waals surface area contributed by atoms with E-state index in [1.54, 1.807) is 35.2 Å². The van der Waals surface area contributed by atoms with E-state index in [9.17, 15) is 24.6 Å². The molecule has 1 heterocycles. The molecule has 9 nitrogen and oxygen atoms in total. The van der Waals surface area contributed by atoms with Gasteiger partial charge in [0.25, 0.3) is 0 Å². The minimum Gasteiger partial charge on any atom is -0.493 e. The van der Waals surface area contributed by atoms with Gasteiger partial charge in [0.2, 0.25) is 11.8 Å². The molecule has 5 rings (SSSR count). The van der Waals surface area contributed by atoms with E-state index in [4.69, 9.17) is 21.1 Å². The third kappa shape index (κ3) is 5.33. The molecule has 2 aromatic carbocycles. The molecule has 4 atom stereocenters.